The number of aliphatic imine (C=N–C) groups is 4. The smallest absolute Gasteiger partial charge is 0.343 e. The van der Waals surface area contributed by atoms with Crippen LogP contribution in [0.5, 0.6) is 34.5 Å². The first-order valence-corrected chi connectivity index (χ1v) is 30.1. The number of ether oxygens (including phenoxy) is 2. The van der Waals surface area contributed by atoms with Crippen molar-refractivity contribution >= 4 is 36.8 Å². The van der Waals surface area contributed by atoms with Gasteiger partial charge in [0.1, 0.15) is 34.5 Å². The van der Waals surface area contributed by atoms with Crippen LogP contribution in [0.4, 0.5) is 0 Å². The maximum absolute atomic E-state index is 14.0. The van der Waals surface area contributed by atoms with Crippen molar-refractivity contribution in [3.63, 3.8) is 0 Å². The zero-order valence-corrected chi connectivity index (χ0v) is 53.4. The van der Waals surface area contributed by atoms with Crippen LogP contribution in [0.15, 0.2) is 92.8 Å². The van der Waals surface area contributed by atoms with Crippen LogP contribution in [0.1, 0.15) is 252 Å². The molecule has 84 heavy (non-hydrogen) atoms. The summed E-state index contributed by atoms with van der Waals surface area (Å²) in [5.74, 6) is -0.532. The molecule has 2 saturated carbocycles. The van der Waals surface area contributed by atoms with Crippen LogP contribution in [-0.2, 0) is 32.5 Å². The van der Waals surface area contributed by atoms with E-state index in [0.717, 1.165) is 73.6 Å². The van der Waals surface area contributed by atoms with Gasteiger partial charge in [-0.05, 0) is 124 Å². The second-order valence-corrected chi connectivity index (χ2v) is 29.6. The number of nitrogens with zero attached hydrogens (tertiary/aromatic N) is 4. The van der Waals surface area contributed by atoms with Gasteiger partial charge in [0.15, 0.2) is 0 Å². The molecule has 450 valence electrons. The van der Waals surface area contributed by atoms with Crippen molar-refractivity contribution in [1.29, 1.82) is 0 Å². The number of phenols is 4. The molecule has 0 radical (unpaired) electrons. The summed E-state index contributed by atoms with van der Waals surface area (Å²) < 4.78 is 12.1. The van der Waals surface area contributed by atoms with E-state index in [-0.39, 0.29) is 91.5 Å². The molecule has 12 heteroatoms. The molecule has 2 aliphatic rings. The lowest BCUT2D eigenvalue weighted by atomic mass is 9.79. The highest BCUT2D eigenvalue weighted by Crippen LogP contribution is 2.42. The summed E-state index contributed by atoms with van der Waals surface area (Å²) in [6, 6.07) is 20.2. The molecule has 0 spiro atoms. The van der Waals surface area contributed by atoms with Crippen LogP contribution < -0.4 is 9.47 Å². The Balaban J connectivity index is 1.11. The number of carbonyl (C=O) groups excluding carboxylic acids is 2. The molecular weight excluding hydrogens is 1050 g/mol. The van der Waals surface area contributed by atoms with Crippen molar-refractivity contribution in [2.24, 2.45) is 20.0 Å². The number of hydrogen-bond donors (Lipinski definition) is 4. The Morgan fingerprint density at radius 1 is 0.381 bits per heavy atom. The number of esters is 2. The predicted molar refractivity (Wildman–Crippen MR) is 343 cm³/mol. The molecule has 5 aromatic rings. The Labute approximate surface area is 500 Å². The Morgan fingerprint density at radius 2 is 0.643 bits per heavy atom. The molecule has 4 N–H and O–H groups in total. The van der Waals surface area contributed by atoms with Gasteiger partial charge in [-0.3, -0.25) is 20.0 Å². The van der Waals surface area contributed by atoms with Crippen LogP contribution in [0.2, 0.25) is 0 Å². The molecule has 7 rings (SSSR count). The monoisotopic (exact) mass is 1140 g/mol. The zero-order chi connectivity index (χ0) is 62.1. The van der Waals surface area contributed by atoms with Gasteiger partial charge in [0, 0.05) is 69.4 Å². The normalized spacial score (nSPS) is 18.8. The van der Waals surface area contributed by atoms with E-state index < -0.39 is 22.8 Å². The molecule has 0 aliphatic heterocycles. The summed E-state index contributed by atoms with van der Waals surface area (Å²) >= 11 is 0. The van der Waals surface area contributed by atoms with Gasteiger partial charge in [-0.25, -0.2) is 9.59 Å². The van der Waals surface area contributed by atoms with Crippen LogP contribution in [0.3, 0.4) is 0 Å². The molecule has 2 aliphatic carbocycles. The molecule has 0 aromatic heterocycles. The second-order valence-electron chi connectivity index (χ2n) is 29.6. The lowest BCUT2D eigenvalue weighted by Crippen LogP contribution is -2.27. The van der Waals surface area contributed by atoms with Gasteiger partial charge in [-0.2, -0.15) is 0 Å². The highest BCUT2D eigenvalue weighted by atomic mass is 16.5. The molecular formula is C72H94N4O8. The molecule has 12 nitrogen and oxygen atoms in total. The maximum atomic E-state index is 14.0. The van der Waals surface area contributed by atoms with Crippen LogP contribution in [0, 0.1) is 0 Å². The van der Waals surface area contributed by atoms with Gasteiger partial charge in [-0.15, -0.1) is 0 Å². The zero-order valence-electron chi connectivity index (χ0n) is 53.4. The van der Waals surface area contributed by atoms with Gasteiger partial charge >= 0.3 is 11.9 Å². The van der Waals surface area contributed by atoms with E-state index in [4.69, 9.17) is 29.4 Å². The Hall–Kier alpha value is -7.08. The van der Waals surface area contributed by atoms with Crippen molar-refractivity contribution in [3.8, 4) is 34.5 Å². The Kier molecular flexibility index (Phi) is 19.1. The van der Waals surface area contributed by atoms with Crippen molar-refractivity contribution in [2.75, 3.05) is 0 Å². The van der Waals surface area contributed by atoms with E-state index in [9.17, 15) is 30.0 Å². The van der Waals surface area contributed by atoms with Gasteiger partial charge in [0.2, 0.25) is 0 Å². The first-order chi connectivity index (χ1) is 38.9. The van der Waals surface area contributed by atoms with Crippen LogP contribution >= 0.6 is 0 Å². The molecule has 0 heterocycles. The SMILES string of the molecule is CC(C)(C)c1cc(C=NC2CCCCC2N=Cc2cc(OC(=O)c3cccc(C(=O)Oc4cc(C=NC5CCCCC5N=Cc5cc(C(C)(C)C)cc(C(C)(C)C)c5O)c(O)c(C(C)(C)C)c4)c3)cc(C(C)(C)C)c2O)c(O)c(C(C)(C)C)c1. The summed E-state index contributed by atoms with van der Waals surface area (Å²) in [5, 5.41) is 46.4. The highest BCUT2D eigenvalue weighted by Gasteiger charge is 2.31. The predicted octanol–water partition coefficient (Wildman–Crippen LogP) is 16.4. The summed E-state index contributed by atoms with van der Waals surface area (Å²) in [6.07, 6.45) is 14.0. The lowest BCUT2D eigenvalue weighted by Gasteiger charge is -2.28. The lowest BCUT2D eigenvalue weighted by molar-refractivity contribution is 0.0734. The molecule has 0 bridgehead atoms. The summed E-state index contributed by atoms with van der Waals surface area (Å²) in [4.78, 5) is 48.2. The van der Waals surface area contributed by atoms with E-state index in [2.05, 4.69) is 95.2 Å². The second kappa shape index (κ2) is 24.9. The minimum Gasteiger partial charge on any atom is -0.507 e. The van der Waals surface area contributed by atoms with E-state index >= 15 is 0 Å². The Bertz CT molecular complexity index is 3140. The maximum Gasteiger partial charge on any atom is 0.343 e. The van der Waals surface area contributed by atoms with E-state index in [1.807, 2.05) is 53.7 Å². The minimum atomic E-state index is -0.721. The van der Waals surface area contributed by atoms with Crippen LogP contribution in [0.25, 0.3) is 0 Å². The topological polar surface area (TPSA) is 183 Å². The fourth-order valence-electron chi connectivity index (χ4n) is 10.9. The number of phenolic OH excluding ortho intramolecular Hbond substituents is 4. The summed E-state index contributed by atoms with van der Waals surface area (Å²) in [5.41, 5.74) is 5.50. The van der Waals surface area contributed by atoms with Crippen molar-refractivity contribution in [2.45, 2.75) is 233 Å². The van der Waals surface area contributed by atoms with Crippen molar-refractivity contribution < 1.29 is 39.5 Å². The van der Waals surface area contributed by atoms with Gasteiger partial charge < -0.3 is 29.9 Å². The van der Waals surface area contributed by atoms with Crippen molar-refractivity contribution in [1.82, 2.24) is 0 Å². The molecule has 4 atom stereocenters. The first-order valence-electron chi connectivity index (χ1n) is 30.1. The molecule has 2 fully saturated rings. The quantitative estimate of drug-likeness (QED) is 0.0540. The van der Waals surface area contributed by atoms with E-state index in [1.165, 1.54) is 6.07 Å². The number of aromatic hydroxyl groups is 4. The van der Waals surface area contributed by atoms with Gasteiger partial charge in [-0.1, -0.05) is 169 Å². The molecule has 5 aromatic carbocycles. The Morgan fingerprint density at radius 3 is 0.905 bits per heavy atom. The summed E-state index contributed by atoms with van der Waals surface area (Å²) in [7, 11) is 0. The minimum absolute atomic E-state index is 0.0288. The van der Waals surface area contributed by atoms with Gasteiger partial charge in [0.25, 0.3) is 0 Å². The molecule has 0 amide bonds. The third-order valence-corrected chi connectivity index (χ3v) is 16.2. The van der Waals surface area contributed by atoms with Gasteiger partial charge in [0.05, 0.1) is 35.3 Å². The third kappa shape index (κ3) is 15.8. The number of carbonyl (C=O) groups is 2. The summed E-state index contributed by atoms with van der Waals surface area (Å²) in [6.45, 7) is 37.3. The molecule has 0 saturated heterocycles. The van der Waals surface area contributed by atoms with Crippen LogP contribution in [-0.4, -0.2) is 81.4 Å². The number of benzene rings is 5. The molecule has 4 unspecified atom stereocenters. The number of rotatable bonds is 12. The van der Waals surface area contributed by atoms with E-state index in [0.29, 0.717) is 33.4 Å². The highest BCUT2D eigenvalue weighted by molar-refractivity contribution is 5.97. The largest absolute Gasteiger partial charge is 0.507 e. The standard InChI is InChI=1S/C72H94N4O8/c1-67(2,3)49-31-45(61(77)53(35-49)69(7,8)9)39-73-57-26-19-21-28-59(57)75-41-47-33-51(37-55(63(47)79)71(13,14)15)83-65(81)43-24-23-25-44(30-43)66(82)84-52-34-48(64(80)56(38-52)72(16,17)18)42-76-60-29-22-20-27-58(60)74-40-46-32-50(68(4,5)6)36-54(62(46)78)70(10,11)12/h23-25,30-42,57-60,77-80H,19-22,26-29H2,1-18H3. The van der Waals surface area contributed by atoms with Crippen molar-refractivity contribution in [3.05, 3.63) is 140 Å². The number of hydrogen-bond acceptors (Lipinski definition) is 12. The fourth-order valence-corrected chi connectivity index (χ4v) is 10.9. The third-order valence-electron chi connectivity index (χ3n) is 16.2. The first kappa shape index (κ1) is 64.5. The average molecular weight is 1140 g/mol. The van der Waals surface area contributed by atoms with E-state index in [1.54, 1.807) is 67.3 Å². The fraction of sp³-hybridized carbons (Fsp3) is 0.500. The average Bonchev–Trinajstić information content (AvgIpc) is 3.16.